The molecular formula is C12H22N5. The van der Waals surface area contributed by atoms with Gasteiger partial charge in [0.25, 0.3) is 0 Å². The second-order valence-corrected chi connectivity index (χ2v) is 5.80. The van der Waals surface area contributed by atoms with Crippen molar-refractivity contribution in [3.05, 3.63) is 11.8 Å². The Kier molecular flexibility index (Phi) is 3.14. The van der Waals surface area contributed by atoms with E-state index in [1.54, 1.807) is 0 Å². The molecule has 5 heteroatoms. The Hall–Kier alpha value is -1.07. The first kappa shape index (κ1) is 12.4. The fourth-order valence-corrected chi connectivity index (χ4v) is 2.16. The van der Waals surface area contributed by atoms with Gasteiger partial charge in [0.15, 0.2) is 0 Å². The predicted octanol–water partition coefficient (Wildman–Crippen LogP) is 0.811. The van der Waals surface area contributed by atoms with Crippen LogP contribution < -0.4 is 11.1 Å². The maximum atomic E-state index is 5.83. The molecule has 2 rings (SSSR count). The minimum absolute atomic E-state index is 0.0379. The zero-order chi connectivity index (χ0) is 12.6. The van der Waals surface area contributed by atoms with Crippen molar-refractivity contribution in [2.45, 2.75) is 32.4 Å². The summed E-state index contributed by atoms with van der Waals surface area (Å²) in [5, 5.41) is 9.05. The molecule has 1 aromatic heterocycles. The number of nitrogen functional groups attached to an aromatic ring is 1. The number of hydrogen-bond donors (Lipinski definition) is 1. The van der Waals surface area contributed by atoms with Crippen molar-refractivity contribution in [2.75, 3.05) is 32.4 Å². The van der Waals surface area contributed by atoms with Gasteiger partial charge in [-0.2, -0.15) is 5.10 Å². The maximum Gasteiger partial charge on any atom is 0.145 e. The molecule has 0 aromatic carbocycles. The Balaban J connectivity index is 2.31. The van der Waals surface area contributed by atoms with Gasteiger partial charge in [0.05, 0.1) is 0 Å². The van der Waals surface area contributed by atoms with E-state index in [0.29, 0.717) is 5.82 Å². The molecule has 1 atom stereocenters. The second kappa shape index (κ2) is 4.31. The number of anilines is 1. The van der Waals surface area contributed by atoms with Crippen LogP contribution in [0.1, 0.15) is 32.6 Å². The highest BCUT2D eigenvalue weighted by atomic mass is 15.4. The highest BCUT2D eigenvalue weighted by molar-refractivity contribution is 5.33. The third kappa shape index (κ3) is 2.61. The number of rotatable bonds is 1. The molecule has 5 nitrogen and oxygen atoms in total. The highest BCUT2D eigenvalue weighted by Crippen LogP contribution is 2.27. The van der Waals surface area contributed by atoms with Crippen LogP contribution in [0, 0.1) is 0 Å². The molecule has 1 saturated heterocycles. The largest absolute Gasteiger partial charge is 0.382 e. The minimum atomic E-state index is 0.0379. The first-order chi connectivity index (χ1) is 7.88. The standard InChI is InChI=1S/C12H22N5/c1-12(2,3)9-7-10(13)15-17(9)11-8-16(4)6-5-14-11/h7,11H,5-6,8H2,1-4H3,(H2,13,15). The molecule has 2 N–H and O–H groups in total. The van der Waals surface area contributed by atoms with Gasteiger partial charge in [-0.15, -0.1) is 0 Å². The quantitative estimate of drug-likeness (QED) is 0.785. The van der Waals surface area contributed by atoms with Crippen LogP contribution in [0.5, 0.6) is 0 Å². The summed E-state index contributed by atoms with van der Waals surface area (Å²) in [6, 6.07) is 1.96. The smallest absolute Gasteiger partial charge is 0.145 e. The molecule has 1 radical (unpaired) electrons. The Morgan fingerprint density at radius 3 is 2.71 bits per heavy atom. The summed E-state index contributed by atoms with van der Waals surface area (Å²) >= 11 is 0. The Labute approximate surface area is 103 Å². The molecule has 2 heterocycles. The predicted molar refractivity (Wildman–Crippen MR) is 68.9 cm³/mol. The van der Waals surface area contributed by atoms with E-state index in [2.05, 4.69) is 43.1 Å². The van der Waals surface area contributed by atoms with Gasteiger partial charge in [0, 0.05) is 36.8 Å². The first-order valence-electron chi connectivity index (χ1n) is 6.08. The van der Waals surface area contributed by atoms with Gasteiger partial charge in [-0.05, 0) is 7.05 Å². The molecular weight excluding hydrogens is 214 g/mol. The fourth-order valence-electron chi connectivity index (χ4n) is 2.16. The lowest BCUT2D eigenvalue weighted by molar-refractivity contribution is 0.177. The summed E-state index contributed by atoms with van der Waals surface area (Å²) in [6.07, 6.45) is 0.0975. The van der Waals surface area contributed by atoms with E-state index < -0.39 is 0 Å². The zero-order valence-corrected chi connectivity index (χ0v) is 11.1. The normalized spacial score (nSPS) is 22.9. The average Bonchev–Trinajstić information content (AvgIpc) is 2.60. The minimum Gasteiger partial charge on any atom is -0.382 e. The number of hydrogen-bond acceptors (Lipinski definition) is 3. The van der Waals surface area contributed by atoms with Crippen LogP contribution in [0.15, 0.2) is 6.07 Å². The van der Waals surface area contributed by atoms with Crippen LogP contribution in [0.3, 0.4) is 0 Å². The number of likely N-dealkylation sites (N-methyl/N-ethyl adjacent to an activating group) is 1. The van der Waals surface area contributed by atoms with Crippen molar-refractivity contribution in [1.29, 1.82) is 0 Å². The van der Waals surface area contributed by atoms with Crippen LogP contribution >= 0.6 is 0 Å². The Morgan fingerprint density at radius 2 is 2.12 bits per heavy atom. The fraction of sp³-hybridized carbons (Fsp3) is 0.750. The lowest BCUT2D eigenvalue weighted by Gasteiger charge is -2.32. The van der Waals surface area contributed by atoms with E-state index in [9.17, 15) is 0 Å². The van der Waals surface area contributed by atoms with Crippen molar-refractivity contribution in [3.63, 3.8) is 0 Å². The van der Waals surface area contributed by atoms with Crippen molar-refractivity contribution < 1.29 is 0 Å². The van der Waals surface area contributed by atoms with E-state index in [-0.39, 0.29) is 11.6 Å². The van der Waals surface area contributed by atoms with Crippen molar-refractivity contribution in [2.24, 2.45) is 0 Å². The molecule has 0 saturated carbocycles. The van der Waals surface area contributed by atoms with Crippen LogP contribution in [0.25, 0.3) is 0 Å². The lowest BCUT2D eigenvalue weighted by Crippen LogP contribution is -2.44. The molecule has 1 unspecified atom stereocenters. The molecule has 0 spiro atoms. The molecule has 95 valence electrons. The van der Waals surface area contributed by atoms with Gasteiger partial charge < -0.3 is 10.6 Å². The summed E-state index contributed by atoms with van der Waals surface area (Å²) in [5.74, 6) is 0.582. The maximum absolute atomic E-state index is 5.83. The third-order valence-electron chi connectivity index (χ3n) is 3.10. The summed E-state index contributed by atoms with van der Waals surface area (Å²) in [4.78, 5) is 2.28. The van der Waals surface area contributed by atoms with Gasteiger partial charge in [0.1, 0.15) is 12.0 Å². The molecule has 1 aliphatic heterocycles. The highest BCUT2D eigenvalue weighted by Gasteiger charge is 2.27. The molecule has 1 aromatic rings. The van der Waals surface area contributed by atoms with E-state index in [1.165, 1.54) is 0 Å². The van der Waals surface area contributed by atoms with Gasteiger partial charge >= 0.3 is 0 Å². The van der Waals surface area contributed by atoms with Crippen LogP contribution in [0.4, 0.5) is 5.82 Å². The van der Waals surface area contributed by atoms with Gasteiger partial charge in [0.2, 0.25) is 0 Å². The Bertz CT molecular complexity index is 390. The summed E-state index contributed by atoms with van der Waals surface area (Å²) in [5.41, 5.74) is 7.02. The Morgan fingerprint density at radius 1 is 1.41 bits per heavy atom. The van der Waals surface area contributed by atoms with E-state index in [1.807, 2.05) is 10.7 Å². The van der Waals surface area contributed by atoms with Crippen LogP contribution in [0.2, 0.25) is 0 Å². The van der Waals surface area contributed by atoms with E-state index in [4.69, 9.17) is 5.73 Å². The monoisotopic (exact) mass is 236 g/mol. The molecule has 0 amide bonds. The molecule has 1 fully saturated rings. The van der Waals surface area contributed by atoms with Crippen molar-refractivity contribution in [1.82, 2.24) is 20.0 Å². The molecule has 1 aliphatic rings. The van der Waals surface area contributed by atoms with E-state index >= 15 is 0 Å². The third-order valence-corrected chi connectivity index (χ3v) is 3.10. The van der Waals surface area contributed by atoms with Gasteiger partial charge in [-0.25, -0.2) is 10.00 Å². The number of nitrogens with two attached hydrogens (primary N) is 1. The lowest BCUT2D eigenvalue weighted by atomic mass is 9.92. The summed E-state index contributed by atoms with van der Waals surface area (Å²) in [6.45, 7) is 9.32. The molecule has 17 heavy (non-hydrogen) atoms. The number of aromatic nitrogens is 2. The van der Waals surface area contributed by atoms with E-state index in [0.717, 1.165) is 25.3 Å². The summed E-state index contributed by atoms with van der Waals surface area (Å²) < 4.78 is 1.99. The zero-order valence-electron chi connectivity index (χ0n) is 11.1. The van der Waals surface area contributed by atoms with Gasteiger partial charge in [-0.3, -0.25) is 0 Å². The average molecular weight is 236 g/mol. The SMILES string of the molecule is CN1CC[N]C(n2nc(N)cc2C(C)(C)C)C1. The van der Waals surface area contributed by atoms with Crippen LogP contribution in [-0.2, 0) is 5.41 Å². The summed E-state index contributed by atoms with van der Waals surface area (Å²) in [7, 11) is 2.12. The number of piperazine rings is 1. The number of nitrogens with zero attached hydrogens (tertiary/aromatic N) is 4. The van der Waals surface area contributed by atoms with Crippen molar-refractivity contribution in [3.8, 4) is 0 Å². The van der Waals surface area contributed by atoms with Gasteiger partial charge in [-0.1, -0.05) is 20.8 Å². The van der Waals surface area contributed by atoms with Crippen LogP contribution in [-0.4, -0.2) is 41.4 Å². The topological polar surface area (TPSA) is 61.2 Å². The van der Waals surface area contributed by atoms with Crippen molar-refractivity contribution >= 4 is 5.82 Å². The second-order valence-electron chi connectivity index (χ2n) is 5.80. The first-order valence-corrected chi connectivity index (χ1v) is 6.08. The molecule has 0 bridgehead atoms. The molecule has 0 aliphatic carbocycles.